The van der Waals surface area contributed by atoms with Crippen molar-refractivity contribution >= 4 is 27.7 Å². The number of sulfonamides is 1. The highest BCUT2D eigenvalue weighted by Crippen LogP contribution is 2.24. The van der Waals surface area contributed by atoms with Crippen LogP contribution in [0.1, 0.15) is 24.0 Å². The summed E-state index contributed by atoms with van der Waals surface area (Å²) in [4.78, 5) is 12.6. The SMILES string of the molecule is Cc1ccc(CSCCNC(=O)[C@H]2CCCN(S(=O)(=O)c3ccc(F)cc3)C2)cc1. The van der Waals surface area contributed by atoms with Gasteiger partial charge >= 0.3 is 0 Å². The number of aryl methyl sites for hydroxylation is 1. The summed E-state index contributed by atoms with van der Waals surface area (Å²) in [5.74, 6) is 0.735. The standard InChI is InChI=1S/C22H27FN2O3S2/c1-17-4-6-18(7-5-17)16-29-14-12-24-22(26)19-3-2-13-25(15-19)30(27,28)21-10-8-20(23)9-11-21/h4-11,19H,2-3,12-16H2,1H3,(H,24,26)/t19-/m0/s1. The Kier molecular flexibility index (Phi) is 7.91. The summed E-state index contributed by atoms with van der Waals surface area (Å²) < 4.78 is 40.0. The van der Waals surface area contributed by atoms with E-state index in [0.717, 1.165) is 23.6 Å². The molecule has 30 heavy (non-hydrogen) atoms. The molecule has 0 aliphatic carbocycles. The van der Waals surface area contributed by atoms with Crippen molar-refractivity contribution in [2.75, 3.05) is 25.4 Å². The van der Waals surface area contributed by atoms with Gasteiger partial charge in [0.25, 0.3) is 0 Å². The molecule has 0 radical (unpaired) electrons. The van der Waals surface area contributed by atoms with E-state index in [1.165, 1.54) is 27.6 Å². The van der Waals surface area contributed by atoms with Crippen LogP contribution in [0.2, 0.25) is 0 Å². The Labute approximate surface area is 182 Å². The number of halogens is 1. The molecule has 8 heteroatoms. The fraction of sp³-hybridized carbons (Fsp3) is 0.409. The summed E-state index contributed by atoms with van der Waals surface area (Å²) in [7, 11) is -3.73. The van der Waals surface area contributed by atoms with Crippen LogP contribution >= 0.6 is 11.8 Å². The van der Waals surface area contributed by atoms with E-state index in [1.807, 2.05) is 0 Å². The van der Waals surface area contributed by atoms with E-state index in [9.17, 15) is 17.6 Å². The second-order valence-electron chi connectivity index (χ2n) is 7.49. The van der Waals surface area contributed by atoms with Gasteiger partial charge in [-0.3, -0.25) is 4.79 Å². The molecule has 1 atom stereocenters. The van der Waals surface area contributed by atoms with Crippen molar-refractivity contribution in [2.45, 2.75) is 30.4 Å². The second-order valence-corrected chi connectivity index (χ2v) is 10.5. The highest BCUT2D eigenvalue weighted by atomic mass is 32.2. The average Bonchev–Trinajstić information content (AvgIpc) is 2.75. The largest absolute Gasteiger partial charge is 0.355 e. The van der Waals surface area contributed by atoms with Crippen LogP contribution < -0.4 is 5.32 Å². The molecule has 0 bridgehead atoms. The first-order valence-electron chi connectivity index (χ1n) is 10.0. The molecule has 1 aliphatic heterocycles. The Morgan fingerprint density at radius 3 is 2.57 bits per heavy atom. The van der Waals surface area contributed by atoms with E-state index in [2.05, 4.69) is 36.5 Å². The average molecular weight is 451 g/mol. The minimum Gasteiger partial charge on any atom is -0.355 e. The van der Waals surface area contributed by atoms with Gasteiger partial charge in [-0.15, -0.1) is 0 Å². The van der Waals surface area contributed by atoms with Crippen LogP contribution in [-0.2, 0) is 20.6 Å². The monoisotopic (exact) mass is 450 g/mol. The van der Waals surface area contributed by atoms with Crippen molar-refractivity contribution in [3.05, 3.63) is 65.5 Å². The van der Waals surface area contributed by atoms with Gasteiger partial charge in [-0.25, -0.2) is 12.8 Å². The molecule has 3 rings (SSSR count). The number of amides is 1. The molecular weight excluding hydrogens is 423 g/mol. The topological polar surface area (TPSA) is 66.5 Å². The lowest BCUT2D eigenvalue weighted by Gasteiger charge is -2.31. The van der Waals surface area contributed by atoms with Crippen molar-refractivity contribution in [2.24, 2.45) is 5.92 Å². The first kappa shape index (κ1) is 22.8. The number of carbonyl (C=O) groups excluding carboxylic acids is 1. The molecule has 1 heterocycles. The molecule has 1 N–H and O–H groups in total. The molecular formula is C22H27FN2O3S2. The highest BCUT2D eigenvalue weighted by molar-refractivity contribution is 7.98. The summed E-state index contributed by atoms with van der Waals surface area (Å²) in [5.41, 5.74) is 2.49. The van der Waals surface area contributed by atoms with E-state index >= 15 is 0 Å². The van der Waals surface area contributed by atoms with Gasteiger partial charge in [0.05, 0.1) is 10.8 Å². The number of hydrogen-bond acceptors (Lipinski definition) is 4. The van der Waals surface area contributed by atoms with E-state index in [0.29, 0.717) is 25.9 Å². The van der Waals surface area contributed by atoms with Gasteiger partial charge in [-0.05, 0) is 49.6 Å². The first-order valence-corrected chi connectivity index (χ1v) is 12.6. The van der Waals surface area contributed by atoms with E-state index in [1.54, 1.807) is 11.8 Å². The quantitative estimate of drug-likeness (QED) is 0.625. The van der Waals surface area contributed by atoms with Crippen LogP contribution in [0.15, 0.2) is 53.4 Å². The van der Waals surface area contributed by atoms with Gasteiger partial charge in [0, 0.05) is 31.1 Å². The predicted octanol–water partition coefficient (Wildman–Crippen LogP) is 3.58. The molecule has 0 spiro atoms. The Balaban J connectivity index is 1.45. The zero-order chi connectivity index (χ0) is 21.6. The number of nitrogens with one attached hydrogen (secondary N) is 1. The number of rotatable bonds is 8. The number of benzene rings is 2. The van der Waals surface area contributed by atoms with Gasteiger partial charge in [-0.1, -0.05) is 29.8 Å². The number of carbonyl (C=O) groups is 1. The minimum absolute atomic E-state index is 0.0532. The lowest BCUT2D eigenvalue weighted by atomic mass is 9.99. The molecule has 1 saturated heterocycles. The van der Waals surface area contributed by atoms with Crippen LogP contribution in [0.5, 0.6) is 0 Å². The maximum absolute atomic E-state index is 13.1. The first-order chi connectivity index (χ1) is 14.4. The third kappa shape index (κ3) is 6.06. The van der Waals surface area contributed by atoms with Crippen molar-refractivity contribution in [3.63, 3.8) is 0 Å². The normalized spacial score (nSPS) is 17.6. The zero-order valence-corrected chi connectivity index (χ0v) is 18.6. The Morgan fingerprint density at radius 1 is 1.17 bits per heavy atom. The number of hydrogen-bond donors (Lipinski definition) is 1. The van der Waals surface area contributed by atoms with Crippen LogP contribution in [0.25, 0.3) is 0 Å². The fourth-order valence-electron chi connectivity index (χ4n) is 3.40. The van der Waals surface area contributed by atoms with Crippen LogP contribution in [-0.4, -0.2) is 44.0 Å². The van der Waals surface area contributed by atoms with Crippen molar-refractivity contribution in [1.82, 2.24) is 9.62 Å². The second kappa shape index (κ2) is 10.4. The summed E-state index contributed by atoms with van der Waals surface area (Å²) in [6, 6.07) is 13.2. The molecule has 162 valence electrons. The maximum Gasteiger partial charge on any atom is 0.243 e. The maximum atomic E-state index is 13.1. The Morgan fingerprint density at radius 2 is 1.87 bits per heavy atom. The van der Waals surface area contributed by atoms with Gasteiger partial charge < -0.3 is 5.32 Å². The predicted molar refractivity (Wildman–Crippen MR) is 118 cm³/mol. The lowest BCUT2D eigenvalue weighted by molar-refractivity contribution is -0.125. The van der Waals surface area contributed by atoms with E-state index < -0.39 is 15.8 Å². The number of thioether (sulfide) groups is 1. The summed E-state index contributed by atoms with van der Waals surface area (Å²) in [5, 5.41) is 2.94. The molecule has 2 aromatic carbocycles. The summed E-state index contributed by atoms with van der Waals surface area (Å²) >= 11 is 1.75. The smallest absolute Gasteiger partial charge is 0.243 e. The number of piperidine rings is 1. The summed E-state index contributed by atoms with van der Waals surface area (Å²) in [6.07, 6.45) is 1.29. The van der Waals surface area contributed by atoms with Gasteiger partial charge in [0.1, 0.15) is 5.82 Å². The summed E-state index contributed by atoms with van der Waals surface area (Å²) in [6.45, 7) is 3.14. The van der Waals surface area contributed by atoms with Gasteiger partial charge in [0.15, 0.2) is 0 Å². The number of nitrogens with zero attached hydrogens (tertiary/aromatic N) is 1. The fourth-order valence-corrected chi connectivity index (χ4v) is 5.74. The molecule has 0 unspecified atom stereocenters. The lowest BCUT2D eigenvalue weighted by Crippen LogP contribution is -2.45. The Bertz CT molecular complexity index is 947. The van der Waals surface area contributed by atoms with Crippen molar-refractivity contribution < 1.29 is 17.6 Å². The minimum atomic E-state index is -3.73. The molecule has 1 amide bonds. The van der Waals surface area contributed by atoms with Gasteiger partial charge in [0.2, 0.25) is 15.9 Å². The highest BCUT2D eigenvalue weighted by Gasteiger charge is 2.33. The molecule has 5 nitrogen and oxygen atoms in total. The third-order valence-electron chi connectivity index (χ3n) is 5.14. The van der Waals surface area contributed by atoms with E-state index in [4.69, 9.17) is 0 Å². The van der Waals surface area contributed by atoms with Crippen LogP contribution in [0.4, 0.5) is 4.39 Å². The van der Waals surface area contributed by atoms with Crippen molar-refractivity contribution in [3.8, 4) is 0 Å². The zero-order valence-electron chi connectivity index (χ0n) is 17.0. The third-order valence-corrected chi connectivity index (χ3v) is 8.05. The van der Waals surface area contributed by atoms with Crippen LogP contribution in [0, 0.1) is 18.7 Å². The van der Waals surface area contributed by atoms with E-state index in [-0.39, 0.29) is 23.3 Å². The molecule has 1 aliphatic rings. The molecule has 0 aromatic heterocycles. The Hall–Kier alpha value is -1.90. The molecule has 2 aromatic rings. The molecule has 0 saturated carbocycles. The van der Waals surface area contributed by atoms with Gasteiger partial charge in [-0.2, -0.15) is 16.1 Å². The van der Waals surface area contributed by atoms with Crippen LogP contribution in [0.3, 0.4) is 0 Å². The molecule has 1 fully saturated rings. The van der Waals surface area contributed by atoms with Crippen molar-refractivity contribution in [1.29, 1.82) is 0 Å².